The normalized spacial score (nSPS) is 11.2. The number of carbonyl (C=O) groups excluding carboxylic acids is 1. The van der Waals surface area contributed by atoms with Gasteiger partial charge in [0, 0.05) is 17.7 Å². The molecule has 0 unspecified atom stereocenters. The Kier molecular flexibility index (Phi) is 4.42. The number of non-ortho nitro benzene ring substituents is 1. The summed E-state index contributed by atoms with van der Waals surface area (Å²) in [7, 11) is 0. The number of benzene rings is 2. The van der Waals surface area contributed by atoms with E-state index in [1.807, 2.05) is 6.07 Å². The zero-order valence-electron chi connectivity index (χ0n) is 10.3. The van der Waals surface area contributed by atoms with E-state index in [1.54, 1.807) is 42.5 Å². The molecular formula is C15H10BrNO3. The van der Waals surface area contributed by atoms with Crippen molar-refractivity contribution in [2.45, 2.75) is 0 Å². The van der Waals surface area contributed by atoms with Gasteiger partial charge in [-0.05, 0) is 39.7 Å². The molecule has 5 heteroatoms. The van der Waals surface area contributed by atoms with Crippen LogP contribution in [-0.4, -0.2) is 10.7 Å². The highest BCUT2D eigenvalue weighted by Gasteiger charge is 2.09. The molecule has 0 radical (unpaired) electrons. The van der Waals surface area contributed by atoms with Crippen molar-refractivity contribution in [3.8, 4) is 0 Å². The summed E-state index contributed by atoms with van der Waals surface area (Å²) in [5, 5.41) is 10.6. The van der Waals surface area contributed by atoms with E-state index in [0.717, 1.165) is 0 Å². The van der Waals surface area contributed by atoms with Crippen LogP contribution in [0.15, 0.2) is 59.1 Å². The van der Waals surface area contributed by atoms with Crippen molar-refractivity contribution in [1.82, 2.24) is 0 Å². The fraction of sp³-hybridized carbons (Fsp3) is 0. The van der Waals surface area contributed by atoms with E-state index in [9.17, 15) is 14.9 Å². The summed E-state index contributed by atoms with van der Waals surface area (Å²) in [6.45, 7) is 0. The van der Waals surface area contributed by atoms with Gasteiger partial charge in [0.1, 0.15) is 0 Å². The fourth-order valence-corrected chi connectivity index (χ4v) is 2.12. The largest absolute Gasteiger partial charge is 0.288 e. The zero-order valence-corrected chi connectivity index (χ0v) is 11.9. The van der Waals surface area contributed by atoms with Gasteiger partial charge in [-0.1, -0.05) is 30.3 Å². The predicted molar refractivity (Wildman–Crippen MR) is 80.8 cm³/mol. The molecule has 0 N–H and O–H groups in total. The van der Waals surface area contributed by atoms with Gasteiger partial charge in [-0.25, -0.2) is 0 Å². The lowest BCUT2D eigenvalue weighted by molar-refractivity contribution is -0.384. The number of halogens is 1. The Morgan fingerprint density at radius 3 is 2.20 bits per heavy atom. The first-order chi connectivity index (χ1) is 9.58. The monoisotopic (exact) mass is 331 g/mol. The van der Waals surface area contributed by atoms with Crippen LogP contribution in [0.2, 0.25) is 0 Å². The number of nitro groups is 1. The van der Waals surface area contributed by atoms with Crippen LogP contribution in [0.5, 0.6) is 0 Å². The topological polar surface area (TPSA) is 60.2 Å². The van der Waals surface area contributed by atoms with Gasteiger partial charge in [-0.15, -0.1) is 0 Å². The highest BCUT2D eigenvalue weighted by atomic mass is 79.9. The number of Topliss-reactive ketones (excluding diaryl/α,β-unsaturated/α-hetero) is 1. The quantitative estimate of drug-likeness (QED) is 0.365. The molecule has 4 nitrogen and oxygen atoms in total. The molecule has 0 aromatic heterocycles. The van der Waals surface area contributed by atoms with Gasteiger partial charge < -0.3 is 0 Å². The number of carbonyl (C=O) groups is 1. The summed E-state index contributed by atoms with van der Waals surface area (Å²) < 4.78 is 0.401. The lowest BCUT2D eigenvalue weighted by Gasteiger charge is -2.00. The first kappa shape index (κ1) is 14.1. The van der Waals surface area contributed by atoms with Crippen molar-refractivity contribution in [3.05, 3.63) is 80.3 Å². The third-order valence-corrected chi connectivity index (χ3v) is 3.24. The Morgan fingerprint density at radius 2 is 1.65 bits per heavy atom. The van der Waals surface area contributed by atoms with E-state index < -0.39 is 4.92 Å². The first-order valence-corrected chi connectivity index (χ1v) is 6.58. The number of allylic oxidation sites excluding steroid dienone is 1. The molecule has 0 saturated heterocycles. The van der Waals surface area contributed by atoms with Crippen LogP contribution in [0.1, 0.15) is 15.9 Å². The van der Waals surface area contributed by atoms with Crippen LogP contribution in [0.4, 0.5) is 5.69 Å². The Morgan fingerprint density at radius 1 is 1.05 bits per heavy atom. The predicted octanol–water partition coefficient (Wildman–Crippen LogP) is 4.21. The third-order valence-electron chi connectivity index (χ3n) is 2.65. The molecule has 2 rings (SSSR count). The van der Waals surface area contributed by atoms with Gasteiger partial charge in [0.25, 0.3) is 5.69 Å². The van der Waals surface area contributed by atoms with Crippen LogP contribution in [0.3, 0.4) is 0 Å². The number of hydrogen-bond acceptors (Lipinski definition) is 3. The Labute approximate surface area is 124 Å². The lowest BCUT2D eigenvalue weighted by atomic mass is 10.1. The van der Waals surface area contributed by atoms with Crippen LogP contribution >= 0.6 is 15.9 Å². The molecule has 20 heavy (non-hydrogen) atoms. The van der Waals surface area contributed by atoms with E-state index in [0.29, 0.717) is 15.6 Å². The van der Waals surface area contributed by atoms with Crippen molar-refractivity contribution in [2.24, 2.45) is 0 Å². The highest BCUT2D eigenvalue weighted by molar-refractivity contribution is 9.12. The van der Waals surface area contributed by atoms with E-state index in [2.05, 4.69) is 15.9 Å². The van der Waals surface area contributed by atoms with Crippen molar-refractivity contribution >= 4 is 33.5 Å². The molecule has 0 amide bonds. The molecule has 0 aliphatic heterocycles. The second-order valence-electron chi connectivity index (χ2n) is 4.04. The molecule has 2 aromatic carbocycles. The molecular weight excluding hydrogens is 322 g/mol. The van der Waals surface area contributed by atoms with Gasteiger partial charge in [0.05, 0.1) is 9.41 Å². The first-order valence-electron chi connectivity index (χ1n) is 5.79. The zero-order chi connectivity index (χ0) is 14.5. The van der Waals surface area contributed by atoms with Crippen LogP contribution in [0.25, 0.3) is 6.08 Å². The van der Waals surface area contributed by atoms with Gasteiger partial charge in [0.2, 0.25) is 0 Å². The number of nitro benzene ring substituents is 1. The SMILES string of the molecule is O=C(/C(Br)=C/c1ccc([N+](=O)[O-])cc1)c1ccccc1. The third kappa shape index (κ3) is 3.39. The molecule has 0 heterocycles. The summed E-state index contributed by atoms with van der Waals surface area (Å²) in [4.78, 5) is 22.2. The smallest absolute Gasteiger partial charge is 0.269 e. The number of rotatable bonds is 4. The number of nitrogens with zero attached hydrogens (tertiary/aromatic N) is 1. The molecule has 100 valence electrons. The van der Waals surface area contributed by atoms with Gasteiger partial charge in [-0.3, -0.25) is 14.9 Å². The standard InChI is InChI=1S/C15H10BrNO3/c16-14(15(18)12-4-2-1-3-5-12)10-11-6-8-13(9-7-11)17(19)20/h1-10H/b14-10-. The van der Waals surface area contributed by atoms with Gasteiger partial charge >= 0.3 is 0 Å². The van der Waals surface area contributed by atoms with Crippen molar-refractivity contribution < 1.29 is 9.72 Å². The van der Waals surface area contributed by atoms with Crippen LogP contribution < -0.4 is 0 Å². The molecule has 0 bridgehead atoms. The molecule has 0 fully saturated rings. The van der Waals surface area contributed by atoms with Crippen molar-refractivity contribution in [3.63, 3.8) is 0 Å². The number of hydrogen-bond donors (Lipinski definition) is 0. The van der Waals surface area contributed by atoms with E-state index in [1.165, 1.54) is 12.1 Å². The van der Waals surface area contributed by atoms with Crippen molar-refractivity contribution in [2.75, 3.05) is 0 Å². The Balaban J connectivity index is 2.22. The summed E-state index contributed by atoms with van der Waals surface area (Å²) in [6.07, 6.45) is 1.64. The summed E-state index contributed by atoms with van der Waals surface area (Å²) in [5.41, 5.74) is 1.32. The van der Waals surface area contributed by atoms with Crippen molar-refractivity contribution in [1.29, 1.82) is 0 Å². The highest BCUT2D eigenvalue weighted by Crippen LogP contribution is 2.19. The maximum atomic E-state index is 12.1. The summed E-state index contributed by atoms with van der Waals surface area (Å²) in [5.74, 6) is -0.135. The average molecular weight is 332 g/mol. The second-order valence-corrected chi connectivity index (χ2v) is 4.89. The average Bonchev–Trinajstić information content (AvgIpc) is 2.48. The van der Waals surface area contributed by atoms with Crippen LogP contribution in [-0.2, 0) is 0 Å². The van der Waals surface area contributed by atoms with E-state index in [-0.39, 0.29) is 11.5 Å². The lowest BCUT2D eigenvalue weighted by Crippen LogP contribution is -1.97. The Bertz CT molecular complexity index is 663. The van der Waals surface area contributed by atoms with Gasteiger partial charge in [-0.2, -0.15) is 0 Å². The van der Waals surface area contributed by atoms with Gasteiger partial charge in [0.15, 0.2) is 5.78 Å². The minimum atomic E-state index is -0.461. The second kappa shape index (κ2) is 6.25. The summed E-state index contributed by atoms with van der Waals surface area (Å²) >= 11 is 3.24. The molecule has 0 spiro atoms. The van der Waals surface area contributed by atoms with Crippen LogP contribution in [0, 0.1) is 10.1 Å². The van der Waals surface area contributed by atoms with E-state index in [4.69, 9.17) is 0 Å². The molecule has 0 aliphatic rings. The maximum Gasteiger partial charge on any atom is 0.269 e. The van der Waals surface area contributed by atoms with E-state index >= 15 is 0 Å². The molecule has 0 saturated carbocycles. The molecule has 0 aliphatic carbocycles. The summed E-state index contributed by atoms with van der Waals surface area (Å²) in [6, 6.07) is 14.9. The number of ketones is 1. The minimum Gasteiger partial charge on any atom is -0.288 e. The Hall–Kier alpha value is -2.27. The molecule has 2 aromatic rings. The fourth-order valence-electron chi connectivity index (χ4n) is 1.63. The molecule has 0 atom stereocenters. The maximum absolute atomic E-state index is 12.1. The minimum absolute atomic E-state index is 0.0210.